The summed E-state index contributed by atoms with van der Waals surface area (Å²) in [6.45, 7) is 7.73. The summed E-state index contributed by atoms with van der Waals surface area (Å²) in [5, 5.41) is 3.06. The molecule has 142 valence electrons. The Balaban J connectivity index is 1.75. The summed E-state index contributed by atoms with van der Waals surface area (Å²) < 4.78 is 11.8. The molecule has 0 radical (unpaired) electrons. The molecule has 0 aliphatic carbocycles. The number of nitrogens with zero attached hydrogens (tertiary/aromatic N) is 1. The number of fused-ring (bicyclic) bond motifs is 1. The van der Waals surface area contributed by atoms with Gasteiger partial charge in [-0.3, -0.25) is 14.6 Å². The van der Waals surface area contributed by atoms with Crippen LogP contribution in [0.2, 0.25) is 0 Å². The lowest BCUT2D eigenvalue weighted by atomic mass is 9.82. The quantitative estimate of drug-likeness (QED) is 0.839. The van der Waals surface area contributed by atoms with Crippen LogP contribution in [0.5, 0.6) is 0 Å². The van der Waals surface area contributed by atoms with Crippen molar-refractivity contribution < 1.29 is 19.1 Å². The molecule has 1 amide bonds. The lowest BCUT2D eigenvalue weighted by Gasteiger charge is -2.44. The fourth-order valence-corrected chi connectivity index (χ4v) is 3.85. The van der Waals surface area contributed by atoms with E-state index in [1.807, 2.05) is 26.8 Å². The third-order valence-corrected chi connectivity index (χ3v) is 4.97. The summed E-state index contributed by atoms with van der Waals surface area (Å²) in [5.41, 5.74) is 1.33. The van der Waals surface area contributed by atoms with Gasteiger partial charge in [0.05, 0.1) is 24.7 Å². The van der Waals surface area contributed by atoms with Crippen LogP contribution in [0.4, 0.5) is 0 Å². The average molecular weight is 360 g/mol. The zero-order valence-corrected chi connectivity index (χ0v) is 16.0. The number of hydrogen-bond acceptors (Lipinski definition) is 5. The number of ether oxygens (including phenoxy) is 2. The molecule has 2 fully saturated rings. The lowest BCUT2D eigenvalue weighted by Crippen LogP contribution is -2.55. The Labute approximate surface area is 154 Å². The van der Waals surface area contributed by atoms with E-state index in [1.165, 1.54) is 0 Å². The maximum Gasteiger partial charge on any atom is 0.310 e. The minimum absolute atomic E-state index is 0.0176. The molecule has 0 spiro atoms. The number of nitrogens with one attached hydrogen (secondary N) is 1. The highest BCUT2D eigenvalue weighted by atomic mass is 16.6. The Kier molecular flexibility index (Phi) is 5.32. The van der Waals surface area contributed by atoms with Crippen molar-refractivity contribution in [1.82, 2.24) is 10.3 Å². The van der Waals surface area contributed by atoms with Crippen molar-refractivity contribution in [3.8, 4) is 0 Å². The second-order valence-corrected chi connectivity index (χ2v) is 8.35. The zero-order valence-electron chi connectivity index (χ0n) is 16.0. The second-order valence-electron chi connectivity index (χ2n) is 8.35. The minimum Gasteiger partial charge on any atom is -0.460 e. The molecule has 1 aromatic heterocycles. The van der Waals surface area contributed by atoms with Crippen molar-refractivity contribution in [2.75, 3.05) is 0 Å². The zero-order chi connectivity index (χ0) is 18.9. The minimum atomic E-state index is -0.511. The molecule has 6 nitrogen and oxygen atoms in total. The molecular weight excluding hydrogens is 332 g/mol. The number of rotatable bonds is 3. The van der Waals surface area contributed by atoms with Crippen LogP contribution in [-0.2, 0) is 25.5 Å². The summed E-state index contributed by atoms with van der Waals surface area (Å²) >= 11 is 0. The van der Waals surface area contributed by atoms with Crippen LogP contribution in [-0.4, -0.2) is 34.6 Å². The molecule has 4 atom stereocenters. The summed E-state index contributed by atoms with van der Waals surface area (Å²) in [7, 11) is 0. The van der Waals surface area contributed by atoms with Crippen LogP contribution in [0.3, 0.4) is 0 Å². The molecule has 0 unspecified atom stereocenters. The molecule has 1 aromatic rings. The Bertz CT molecular complexity index is 683. The van der Waals surface area contributed by atoms with E-state index in [1.54, 1.807) is 12.4 Å². The highest BCUT2D eigenvalue weighted by Crippen LogP contribution is 2.38. The molecule has 2 aliphatic rings. The van der Waals surface area contributed by atoms with E-state index in [0.29, 0.717) is 12.3 Å². The topological polar surface area (TPSA) is 77.5 Å². The van der Waals surface area contributed by atoms with Crippen LogP contribution >= 0.6 is 0 Å². The van der Waals surface area contributed by atoms with Crippen molar-refractivity contribution in [3.63, 3.8) is 0 Å². The van der Waals surface area contributed by atoms with Gasteiger partial charge in [-0.05, 0) is 56.7 Å². The third kappa shape index (κ3) is 4.41. The molecule has 3 rings (SSSR count). The second kappa shape index (κ2) is 7.35. The number of pyridine rings is 1. The Hall–Kier alpha value is -1.95. The van der Waals surface area contributed by atoms with E-state index < -0.39 is 5.60 Å². The molecule has 26 heavy (non-hydrogen) atoms. The molecule has 0 saturated carbocycles. The first-order chi connectivity index (χ1) is 12.2. The number of esters is 1. The van der Waals surface area contributed by atoms with Crippen molar-refractivity contribution in [2.45, 2.75) is 77.2 Å². The van der Waals surface area contributed by atoms with Gasteiger partial charge in [-0.1, -0.05) is 6.92 Å². The summed E-state index contributed by atoms with van der Waals surface area (Å²) in [5.74, 6) is 0.152. The first-order valence-electron chi connectivity index (χ1n) is 9.32. The van der Waals surface area contributed by atoms with Gasteiger partial charge in [0.1, 0.15) is 5.60 Å². The predicted octanol–water partition coefficient (Wildman–Crippen LogP) is 2.71. The van der Waals surface area contributed by atoms with Crippen molar-refractivity contribution in [3.05, 3.63) is 29.6 Å². The van der Waals surface area contributed by atoms with E-state index in [2.05, 4.69) is 17.2 Å². The number of carbonyl (C=O) groups excluding carboxylic acids is 2. The largest absolute Gasteiger partial charge is 0.460 e. The normalized spacial score (nSPS) is 28.8. The van der Waals surface area contributed by atoms with Gasteiger partial charge in [0.15, 0.2) is 0 Å². The Morgan fingerprint density at radius 2 is 2.19 bits per heavy atom. The SMILES string of the molecule is C[C@@H]1C[C@H](c2ccncc2CC(=O)OC(C)(C)C)O[C@@H]2CCC(=O)N[C@@H]12. The maximum absolute atomic E-state index is 12.3. The number of amides is 1. The summed E-state index contributed by atoms with van der Waals surface area (Å²) in [4.78, 5) is 28.1. The van der Waals surface area contributed by atoms with Gasteiger partial charge in [-0.15, -0.1) is 0 Å². The fourth-order valence-electron chi connectivity index (χ4n) is 3.85. The number of carbonyl (C=O) groups is 2. The molecule has 6 heteroatoms. The first-order valence-corrected chi connectivity index (χ1v) is 9.32. The van der Waals surface area contributed by atoms with Crippen molar-refractivity contribution in [1.29, 1.82) is 0 Å². The molecule has 2 saturated heterocycles. The predicted molar refractivity (Wildman–Crippen MR) is 96.3 cm³/mol. The fraction of sp³-hybridized carbons (Fsp3) is 0.650. The Morgan fingerprint density at radius 3 is 2.92 bits per heavy atom. The number of hydrogen-bond donors (Lipinski definition) is 1. The van der Waals surface area contributed by atoms with Gasteiger partial charge >= 0.3 is 5.97 Å². The van der Waals surface area contributed by atoms with Crippen LogP contribution in [0, 0.1) is 5.92 Å². The monoisotopic (exact) mass is 360 g/mol. The highest BCUT2D eigenvalue weighted by molar-refractivity contribution is 5.77. The van der Waals surface area contributed by atoms with Gasteiger partial charge in [-0.2, -0.15) is 0 Å². The van der Waals surface area contributed by atoms with Gasteiger partial charge in [-0.25, -0.2) is 0 Å². The number of aromatic nitrogens is 1. The van der Waals surface area contributed by atoms with Gasteiger partial charge < -0.3 is 14.8 Å². The van der Waals surface area contributed by atoms with Crippen molar-refractivity contribution >= 4 is 11.9 Å². The first kappa shape index (κ1) is 18.8. The van der Waals surface area contributed by atoms with Gasteiger partial charge in [0, 0.05) is 18.8 Å². The van der Waals surface area contributed by atoms with Gasteiger partial charge in [0.25, 0.3) is 0 Å². The maximum atomic E-state index is 12.3. The lowest BCUT2D eigenvalue weighted by molar-refractivity contribution is -0.154. The third-order valence-electron chi connectivity index (χ3n) is 4.97. The molecule has 1 N–H and O–H groups in total. The van der Waals surface area contributed by atoms with E-state index in [-0.39, 0.29) is 36.5 Å². The van der Waals surface area contributed by atoms with E-state index >= 15 is 0 Å². The van der Waals surface area contributed by atoms with E-state index in [0.717, 1.165) is 24.0 Å². The Morgan fingerprint density at radius 1 is 1.42 bits per heavy atom. The number of piperidine rings is 1. The van der Waals surface area contributed by atoms with Crippen LogP contribution in [0.1, 0.15) is 64.2 Å². The van der Waals surface area contributed by atoms with Crippen LogP contribution in [0.25, 0.3) is 0 Å². The molecule has 0 bridgehead atoms. The van der Waals surface area contributed by atoms with Crippen LogP contribution in [0.15, 0.2) is 18.5 Å². The standard InChI is InChI=1S/C20H28N2O4/c1-12-9-16(25-15-5-6-17(23)22-19(12)15)14-7-8-21-11-13(14)10-18(24)26-20(2,3)4/h7-8,11-12,15-16,19H,5-6,9-10H2,1-4H3,(H,22,23)/t12-,15-,16-,19+/m1/s1. The molecule has 3 heterocycles. The van der Waals surface area contributed by atoms with E-state index in [9.17, 15) is 9.59 Å². The molecular formula is C20H28N2O4. The average Bonchev–Trinajstić information content (AvgIpc) is 2.54. The van der Waals surface area contributed by atoms with Crippen LogP contribution < -0.4 is 5.32 Å². The molecule has 0 aromatic carbocycles. The summed E-state index contributed by atoms with van der Waals surface area (Å²) in [6, 6.07) is 2.00. The summed E-state index contributed by atoms with van der Waals surface area (Å²) in [6.07, 6.45) is 5.60. The van der Waals surface area contributed by atoms with E-state index in [4.69, 9.17) is 9.47 Å². The van der Waals surface area contributed by atoms with Crippen molar-refractivity contribution in [2.24, 2.45) is 5.92 Å². The highest BCUT2D eigenvalue weighted by Gasteiger charge is 2.40. The smallest absolute Gasteiger partial charge is 0.310 e. The molecule has 2 aliphatic heterocycles. The van der Waals surface area contributed by atoms with Gasteiger partial charge in [0.2, 0.25) is 5.91 Å².